The van der Waals surface area contributed by atoms with Crippen LogP contribution in [0.4, 0.5) is 10.2 Å². The summed E-state index contributed by atoms with van der Waals surface area (Å²) in [7, 11) is 0. The molecule has 0 aliphatic rings. The number of hydrogen-bond acceptors (Lipinski definition) is 6. The van der Waals surface area contributed by atoms with Crippen molar-refractivity contribution in [3.63, 3.8) is 0 Å². The van der Waals surface area contributed by atoms with Gasteiger partial charge in [-0.3, -0.25) is 0 Å². The van der Waals surface area contributed by atoms with Crippen molar-refractivity contribution < 1.29 is 9.13 Å². The van der Waals surface area contributed by atoms with Crippen LogP contribution in [0, 0.1) is 5.82 Å². The Balaban J connectivity index is 2.64. The van der Waals surface area contributed by atoms with E-state index in [4.69, 9.17) is 16.2 Å². The summed E-state index contributed by atoms with van der Waals surface area (Å²) in [4.78, 5) is 7.09. The number of hydrogen-bond donors (Lipinski definition) is 3. The van der Waals surface area contributed by atoms with Crippen molar-refractivity contribution in [1.29, 1.82) is 0 Å². The fourth-order valence-electron chi connectivity index (χ4n) is 0.618. The van der Waals surface area contributed by atoms with Gasteiger partial charge in [0.05, 0.1) is 11.9 Å². The van der Waals surface area contributed by atoms with E-state index >= 15 is 0 Å². The van der Waals surface area contributed by atoms with E-state index in [0.717, 1.165) is 6.20 Å². The Kier molecular flexibility index (Phi) is 3.52. The molecule has 0 spiro atoms. The molecule has 0 aliphatic carbocycles. The average Bonchev–Trinajstić information content (AvgIpc) is 2.19. The lowest BCUT2D eigenvalue weighted by molar-refractivity contribution is 0.321. The van der Waals surface area contributed by atoms with Gasteiger partial charge in [-0.2, -0.15) is 4.98 Å². The van der Waals surface area contributed by atoms with E-state index in [0.29, 0.717) is 5.70 Å². The maximum absolute atomic E-state index is 12.6. The Morgan fingerprint density at radius 2 is 2.43 bits per heavy atom. The summed E-state index contributed by atoms with van der Waals surface area (Å²) < 4.78 is 17.6. The molecule has 1 heterocycles. The van der Waals surface area contributed by atoms with Crippen LogP contribution in [0.15, 0.2) is 17.3 Å². The molecular weight excluding hydrogens is 207 g/mol. The molecule has 1 rings (SSSR count). The summed E-state index contributed by atoms with van der Waals surface area (Å²) in [5, 5.41) is 1.38. The number of nitrogen functional groups attached to an aromatic ring is 1. The molecule has 0 amide bonds. The summed E-state index contributed by atoms with van der Waals surface area (Å²) >= 11 is 3.81. The standard InChI is InChI=1S/C7H9FN4OS/c8-5-1-11-7(12-6(5)10)13-2-4(9)3-14/h1,3,14H,2,9H2,(H2,10,11,12)/b4-3-. The zero-order valence-corrected chi connectivity index (χ0v) is 8.04. The zero-order valence-electron chi connectivity index (χ0n) is 7.14. The predicted octanol–water partition coefficient (Wildman–Crippen LogP) is 0.307. The van der Waals surface area contributed by atoms with E-state index in [2.05, 4.69) is 22.6 Å². The van der Waals surface area contributed by atoms with Crippen molar-refractivity contribution in [2.24, 2.45) is 5.73 Å². The molecule has 0 aromatic carbocycles. The third-order valence-electron chi connectivity index (χ3n) is 1.28. The summed E-state index contributed by atoms with van der Waals surface area (Å²) in [5.41, 5.74) is 11.0. The molecule has 1 aromatic heterocycles. The first kappa shape index (κ1) is 10.6. The number of halogens is 1. The molecule has 0 saturated heterocycles. The first-order valence-corrected chi connectivity index (χ1v) is 4.14. The van der Waals surface area contributed by atoms with Gasteiger partial charge in [0.2, 0.25) is 0 Å². The van der Waals surface area contributed by atoms with E-state index in [9.17, 15) is 4.39 Å². The van der Waals surface area contributed by atoms with E-state index in [1.54, 1.807) is 0 Å². The van der Waals surface area contributed by atoms with Crippen LogP contribution >= 0.6 is 12.6 Å². The second-order valence-corrected chi connectivity index (χ2v) is 2.64. The number of nitrogens with zero attached hydrogens (tertiary/aromatic N) is 2. The lowest BCUT2D eigenvalue weighted by Crippen LogP contribution is -2.10. The van der Waals surface area contributed by atoms with Crippen LogP contribution in [0.2, 0.25) is 0 Å². The predicted molar refractivity (Wildman–Crippen MR) is 53.2 cm³/mol. The van der Waals surface area contributed by atoms with Gasteiger partial charge in [0, 0.05) is 0 Å². The van der Waals surface area contributed by atoms with Gasteiger partial charge in [-0.15, -0.1) is 12.6 Å². The van der Waals surface area contributed by atoms with Crippen LogP contribution in [-0.2, 0) is 0 Å². The highest BCUT2D eigenvalue weighted by atomic mass is 32.1. The molecule has 0 radical (unpaired) electrons. The molecule has 14 heavy (non-hydrogen) atoms. The van der Waals surface area contributed by atoms with Crippen LogP contribution < -0.4 is 16.2 Å². The lowest BCUT2D eigenvalue weighted by atomic mass is 10.5. The fourth-order valence-corrected chi connectivity index (χ4v) is 0.693. The smallest absolute Gasteiger partial charge is 0.318 e. The molecule has 0 atom stereocenters. The Morgan fingerprint density at radius 3 is 3.00 bits per heavy atom. The minimum atomic E-state index is -0.685. The second kappa shape index (κ2) is 4.66. The van der Waals surface area contributed by atoms with Crippen LogP contribution in [-0.4, -0.2) is 16.6 Å². The van der Waals surface area contributed by atoms with Crippen LogP contribution in [0.25, 0.3) is 0 Å². The molecule has 76 valence electrons. The molecule has 0 unspecified atom stereocenters. The fraction of sp³-hybridized carbons (Fsp3) is 0.143. The van der Waals surface area contributed by atoms with E-state index in [1.165, 1.54) is 5.41 Å². The van der Waals surface area contributed by atoms with Crippen LogP contribution in [0.1, 0.15) is 0 Å². The first-order chi connectivity index (χ1) is 6.63. The molecule has 4 N–H and O–H groups in total. The number of rotatable bonds is 3. The summed E-state index contributed by atoms with van der Waals surface area (Å²) in [5.74, 6) is -0.946. The molecule has 0 saturated carbocycles. The summed E-state index contributed by atoms with van der Waals surface area (Å²) in [6, 6.07) is -0.0259. The van der Waals surface area contributed by atoms with Crippen LogP contribution in [0.3, 0.4) is 0 Å². The van der Waals surface area contributed by atoms with Crippen LogP contribution in [0.5, 0.6) is 6.01 Å². The van der Waals surface area contributed by atoms with E-state index < -0.39 is 5.82 Å². The minimum absolute atomic E-state index is 0.0259. The SMILES string of the molecule is N/C(=C\S)COc1ncc(F)c(N)n1. The third-order valence-corrected chi connectivity index (χ3v) is 1.61. The molecule has 7 heteroatoms. The maximum atomic E-state index is 12.6. The Labute approximate surface area is 85.4 Å². The van der Waals surface area contributed by atoms with Gasteiger partial charge < -0.3 is 16.2 Å². The van der Waals surface area contributed by atoms with Gasteiger partial charge >= 0.3 is 6.01 Å². The Hall–Kier alpha value is -1.50. The first-order valence-electron chi connectivity index (χ1n) is 3.63. The Morgan fingerprint density at radius 1 is 1.71 bits per heavy atom. The van der Waals surface area contributed by atoms with Gasteiger partial charge in [-0.05, 0) is 5.41 Å². The topological polar surface area (TPSA) is 87.0 Å². The third kappa shape index (κ3) is 2.77. The van der Waals surface area contributed by atoms with Crippen molar-refractivity contribution in [2.45, 2.75) is 0 Å². The molecule has 1 aromatic rings. The largest absolute Gasteiger partial charge is 0.457 e. The monoisotopic (exact) mass is 216 g/mol. The van der Waals surface area contributed by atoms with E-state index in [1.807, 2.05) is 0 Å². The van der Waals surface area contributed by atoms with Gasteiger partial charge in [-0.25, -0.2) is 9.37 Å². The molecule has 0 aliphatic heterocycles. The highest BCUT2D eigenvalue weighted by Crippen LogP contribution is 2.09. The highest BCUT2D eigenvalue weighted by Gasteiger charge is 2.03. The number of thiol groups is 1. The van der Waals surface area contributed by atoms with Crippen molar-refractivity contribution in [2.75, 3.05) is 12.3 Å². The normalized spacial score (nSPS) is 11.4. The molecule has 0 fully saturated rings. The van der Waals surface area contributed by atoms with Crippen molar-refractivity contribution in [1.82, 2.24) is 9.97 Å². The van der Waals surface area contributed by atoms with Crippen molar-refractivity contribution >= 4 is 18.4 Å². The molecule has 5 nitrogen and oxygen atoms in total. The summed E-state index contributed by atoms with van der Waals surface area (Å²) in [6.45, 7) is 0.0779. The number of nitrogens with two attached hydrogens (primary N) is 2. The molecular formula is C7H9FN4OS. The number of anilines is 1. The summed E-state index contributed by atoms with van der Waals surface area (Å²) in [6.07, 6.45) is 0.929. The quantitative estimate of drug-likeness (QED) is 0.633. The minimum Gasteiger partial charge on any atom is -0.457 e. The number of ether oxygens (including phenoxy) is 1. The maximum Gasteiger partial charge on any atom is 0.318 e. The highest BCUT2D eigenvalue weighted by molar-refractivity contribution is 7.83. The lowest BCUT2D eigenvalue weighted by Gasteiger charge is -2.04. The number of aromatic nitrogens is 2. The van der Waals surface area contributed by atoms with Gasteiger partial charge in [0.1, 0.15) is 6.61 Å². The van der Waals surface area contributed by atoms with Gasteiger partial charge in [-0.1, -0.05) is 0 Å². The van der Waals surface area contributed by atoms with Crippen molar-refractivity contribution in [3.8, 4) is 6.01 Å². The second-order valence-electron chi connectivity index (χ2n) is 2.38. The Bertz CT molecular complexity index is 358. The van der Waals surface area contributed by atoms with Gasteiger partial charge in [0.15, 0.2) is 11.6 Å². The van der Waals surface area contributed by atoms with E-state index in [-0.39, 0.29) is 18.4 Å². The van der Waals surface area contributed by atoms with Crippen molar-refractivity contribution in [3.05, 3.63) is 23.1 Å². The van der Waals surface area contributed by atoms with Gasteiger partial charge in [0.25, 0.3) is 0 Å². The average molecular weight is 216 g/mol. The zero-order chi connectivity index (χ0) is 10.6. The molecule has 0 bridgehead atoms.